The van der Waals surface area contributed by atoms with Crippen molar-refractivity contribution in [2.45, 2.75) is 19.0 Å². The smallest absolute Gasteiger partial charge is 0.251 e. The third kappa shape index (κ3) is 5.52. The van der Waals surface area contributed by atoms with Crippen LogP contribution in [-0.2, 0) is 13.0 Å². The molecule has 35 heavy (non-hydrogen) atoms. The summed E-state index contributed by atoms with van der Waals surface area (Å²) in [7, 11) is 6.56. The van der Waals surface area contributed by atoms with Crippen LogP contribution in [0.3, 0.4) is 0 Å². The van der Waals surface area contributed by atoms with Gasteiger partial charge in [0.25, 0.3) is 5.91 Å². The van der Waals surface area contributed by atoms with E-state index in [1.54, 1.807) is 52.7 Å². The summed E-state index contributed by atoms with van der Waals surface area (Å²) in [5.41, 5.74) is 4.12. The summed E-state index contributed by atoms with van der Waals surface area (Å²) in [4.78, 5) is 15.3. The van der Waals surface area contributed by atoms with E-state index in [1.807, 2.05) is 18.2 Å². The van der Waals surface area contributed by atoms with E-state index >= 15 is 0 Å². The van der Waals surface area contributed by atoms with Crippen molar-refractivity contribution in [3.63, 3.8) is 0 Å². The Morgan fingerprint density at radius 3 is 2.06 bits per heavy atom. The van der Waals surface area contributed by atoms with Crippen LogP contribution in [0.15, 0.2) is 60.7 Å². The maximum Gasteiger partial charge on any atom is 0.251 e. The fourth-order valence-electron chi connectivity index (χ4n) is 4.51. The van der Waals surface area contributed by atoms with Gasteiger partial charge >= 0.3 is 0 Å². The van der Waals surface area contributed by atoms with Gasteiger partial charge in [0.1, 0.15) is 11.5 Å². The normalized spacial score (nSPS) is 15.1. The highest BCUT2D eigenvalue weighted by atomic mass is 16.5. The Labute approximate surface area is 206 Å². The number of nitrogens with zero attached hydrogens (tertiary/aromatic N) is 1. The van der Waals surface area contributed by atoms with E-state index in [4.69, 9.17) is 18.9 Å². The van der Waals surface area contributed by atoms with Crippen LogP contribution in [0.2, 0.25) is 0 Å². The van der Waals surface area contributed by atoms with Crippen LogP contribution >= 0.6 is 0 Å². The van der Waals surface area contributed by atoms with Crippen molar-refractivity contribution in [2.75, 3.05) is 41.5 Å². The largest absolute Gasteiger partial charge is 0.497 e. The highest BCUT2D eigenvalue weighted by Crippen LogP contribution is 2.38. The highest BCUT2D eigenvalue weighted by molar-refractivity contribution is 5.94. The number of rotatable bonds is 9. The molecular formula is C28H32N2O5. The minimum Gasteiger partial charge on any atom is -0.497 e. The Morgan fingerprint density at radius 2 is 1.46 bits per heavy atom. The molecule has 0 unspecified atom stereocenters. The molecule has 0 radical (unpaired) electrons. The number of fused-ring (bicyclic) bond motifs is 1. The summed E-state index contributed by atoms with van der Waals surface area (Å²) in [6.07, 6.45) is 0.884. The molecule has 1 amide bonds. The molecule has 184 valence electrons. The molecule has 1 aliphatic rings. The molecule has 3 aromatic rings. The molecule has 0 bridgehead atoms. The van der Waals surface area contributed by atoms with Gasteiger partial charge in [-0.15, -0.1) is 0 Å². The average molecular weight is 477 g/mol. The van der Waals surface area contributed by atoms with Gasteiger partial charge in [0.2, 0.25) is 0 Å². The second-order valence-corrected chi connectivity index (χ2v) is 8.43. The predicted octanol–water partition coefficient (Wildman–Crippen LogP) is 4.25. The van der Waals surface area contributed by atoms with Crippen LogP contribution in [0.25, 0.3) is 0 Å². The number of nitrogens with one attached hydrogen (secondary N) is 1. The second kappa shape index (κ2) is 11.1. The fraction of sp³-hybridized carbons (Fsp3) is 0.321. The van der Waals surface area contributed by atoms with E-state index in [1.165, 1.54) is 11.1 Å². The van der Waals surface area contributed by atoms with E-state index < -0.39 is 0 Å². The molecule has 0 aromatic heterocycles. The van der Waals surface area contributed by atoms with Gasteiger partial charge in [-0.05, 0) is 71.6 Å². The standard InChI is InChI=1S/C28H32N2O5/c1-32-22-9-5-19(6-10-22)18-30-14-13-21-15-26(34-3)27(35-4)16-24(21)25(30)17-29-28(31)20-7-11-23(33-2)12-8-20/h5-12,15-16,25H,13-14,17-18H2,1-4H3,(H,29,31)/t25-/m1/s1. The van der Waals surface area contributed by atoms with Crippen LogP contribution < -0.4 is 24.3 Å². The van der Waals surface area contributed by atoms with Crippen LogP contribution in [-0.4, -0.2) is 52.3 Å². The van der Waals surface area contributed by atoms with Crippen molar-refractivity contribution in [2.24, 2.45) is 0 Å². The molecule has 0 aliphatic carbocycles. The first-order valence-corrected chi connectivity index (χ1v) is 11.6. The highest BCUT2D eigenvalue weighted by Gasteiger charge is 2.29. The first-order valence-electron chi connectivity index (χ1n) is 11.6. The molecule has 4 rings (SSSR count). The van der Waals surface area contributed by atoms with Crippen molar-refractivity contribution in [1.29, 1.82) is 0 Å². The fourth-order valence-corrected chi connectivity index (χ4v) is 4.51. The molecule has 7 nitrogen and oxygen atoms in total. The van der Waals surface area contributed by atoms with Crippen molar-refractivity contribution in [3.8, 4) is 23.0 Å². The van der Waals surface area contributed by atoms with Gasteiger partial charge < -0.3 is 24.3 Å². The summed E-state index contributed by atoms with van der Waals surface area (Å²) < 4.78 is 21.6. The molecule has 1 aliphatic heterocycles. The number of hydrogen-bond donors (Lipinski definition) is 1. The van der Waals surface area contributed by atoms with Crippen LogP contribution in [0.5, 0.6) is 23.0 Å². The molecule has 1 heterocycles. The van der Waals surface area contributed by atoms with Crippen molar-refractivity contribution in [1.82, 2.24) is 10.2 Å². The van der Waals surface area contributed by atoms with Crippen molar-refractivity contribution < 1.29 is 23.7 Å². The third-order valence-electron chi connectivity index (χ3n) is 6.47. The van der Waals surface area contributed by atoms with Gasteiger partial charge in [-0.3, -0.25) is 9.69 Å². The molecule has 0 spiro atoms. The molecule has 1 N–H and O–H groups in total. The lowest BCUT2D eigenvalue weighted by Crippen LogP contribution is -2.41. The first-order chi connectivity index (χ1) is 17.1. The lowest BCUT2D eigenvalue weighted by atomic mass is 9.91. The summed E-state index contributed by atoms with van der Waals surface area (Å²) in [6.45, 7) is 2.07. The quantitative estimate of drug-likeness (QED) is 0.498. The van der Waals surface area contributed by atoms with Gasteiger partial charge in [0.15, 0.2) is 11.5 Å². The number of benzene rings is 3. The number of ether oxygens (including phenoxy) is 4. The number of amides is 1. The van der Waals surface area contributed by atoms with E-state index in [0.29, 0.717) is 17.9 Å². The van der Waals surface area contributed by atoms with Crippen LogP contribution in [0.4, 0.5) is 0 Å². The van der Waals surface area contributed by atoms with Gasteiger partial charge in [-0.1, -0.05) is 12.1 Å². The van der Waals surface area contributed by atoms with Crippen LogP contribution in [0, 0.1) is 0 Å². The number of methoxy groups -OCH3 is 4. The van der Waals surface area contributed by atoms with E-state index in [9.17, 15) is 4.79 Å². The summed E-state index contributed by atoms with van der Waals surface area (Å²) >= 11 is 0. The third-order valence-corrected chi connectivity index (χ3v) is 6.47. The Balaban J connectivity index is 1.59. The van der Waals surface area contributed by atoms with Gasteiger partial charge in [0, 0.05) is 25.2 Å². The lowest BCUT2D eigenvalue weighted by Gasteiger charge is -2.38. The monoisotopic (exact) mass is 476 g/mol. The predicted molar refractivity (Wildman–Crippen MR) is 135 cm³/mol. The first kappa shape index (κ1) is 24.4. The number of carbonyl (C=O) groups excluding carboxylic acids is 1. The minimum atomic E-state index is -0.121. The number of hydrogen-bond acceptors (Lipinski definition) is 6. The molecule has 0 saturated heterocycles. The maximum atomic E-state index is 12.9. The Morgan fingerprint density at radius 1 is 0.857 bits per heavy atom. The molecule has 1 atom stereocenters. The van der Waals surface area contributed by atoms with Crippen molar-refractivity contribution >= 4 is 5.91 Å². The summed E-state index contributed by atoms with van der Waals surface area (Å²) in [6, 6.07) is 19.3. The zero-order valence-electron chi connectivity index (χ0n) is 20.7. The average Bonchev–Trinajstić information content (AvgIpc) is 2.91. The SMILES string of the molecule is COc1ccc(CN2CCc3cc(OC)c(OC)cc3[C@H]2CNC(=O)c2ccc(OC)cc2)cc1. The number of carbonyl (C=O) groups is 1. The second-order valence-electron chi connectivity index (χ2n) is 8.43. The zero-order chi connectivity index (χ0) is 24.8. The lowest BCUT2D eigenvalue weighted by molar-refractivity contribution is 0.0925. The summed E-state index contributed by atoms with van der Waals surface area (Å²) in [5.74, 6) is 2.83. The maximum absolute atomic E-state index is 12.9. The summed E-state index contributed by atoms with van der Waals surface area (Å²) in [5, 5.41) is 3.13. The molecule has 3 aromatic carbocycles. The Hall–Kier alpha value is -3.71. The van der Waals surface area contributed by atoms with E-state index in [0.717, 1.165) is 42.3 Å². The molecule has 0 saturated carbocycles. The van der Waals surface area contributed by atoms with Gasteiger partial charge in [-0.25, -0.2) is 0 Å². The van der Waals surface area contributed by atoms with Gasteiger partial charge in [0.05, 0.1) is 34.5 Å². The Kier molecular flexibility index (Phi) is 7.77. The van der Waals surface area contributed by atoms with Crippen molar-refractivity contribution in [3.05, 3.63) is 82.9 Å². The minimum absolute atomic E-state index is 0.0251. The molecular weight excluding hydrogens is 444 g/mol. The van der Waals surface area contributed by atoms with E-state index in [2.05, 4.69) is 28.4 Å². The van der Waals surface area contributed by atoms with Crippen LogP contribution in [0.1, 0.15) is 33.1 Å². The van der Waals surface area contributed by atoms with E-state index in [-0.39, 0.29) is 11.9 Å². The van der Waals surface area contributed by atoms with Gasteiger partial charge in [-0.2, -0.15) is 0 Å². The molecule has 0 fully saturated rings. The molecule has 7 heteroatoms. The topological polar surface area (TPSA) is 69.3 Å². The zero-order valence-corrected chi connectivity index (χ0v) is 20.7. The Bertz CT molecular complexity index is 1150.